The average Bonchev–Trinajstić information content (AvgIpc) is 3.25. The Morgan fingerprint density at radius 2 is 2.13 bits per heavy atom. The van der Waals surface area contributed by atoms with Gasteiger partial charge in [0.25, 0.3) is 0 Å². The zero-order chi connectivity index (χ0) is 21.5. The third-order valence-corrected chi connectivity index (χ3v) is 6.23. The van der Waals surface area contributed by atoms with Crippen molar-refractivity contribution in [1.29, 1.82) is 0 Å². The number of halogens is 1. The molecule has 30 heavy (non-hydrogen) atoms. The van der Waals surface area contributed by atoms with Crippen LogP contribution >= 0.6 is 22.9 Å². The number of urea groups is 1. The van der Waals surface area contributed by atoms with Crippen molar-refractivity contribution < 1.29 is 9.59 Å². The minimum absolute atomic E-state index is 0.0210. The van der Waals surface area contributed by atoms with Gasteiger partial charge in [0, 0.05) is 25.3 Å². The first-order valence-electron chi connectivity index (χ1n) is 10.1. The quantitative estimate of drug-likeness (QED) is 0.576. The minimum Gasteiger partial charge on any atom is -0.359 e. The molecular formula is C21H28ClN5O2S. The Kier molecular flexibility index (Phi) is 7.95. The van der Waals surface area contributed by atoms with Gasteiger partial charge in [-0.15, -0.1) is 0 Å². The van der Waals surface area contributed by atoms with Gasteiger partial charge in [0.2, 0.25) is 5.91 Å². The summed E-state index contributed by atoms with van der Waals surface area (Å²) in [6.07, 6.45) is 0. The van der Waals surface area contributed by atoms with E-state index in [9.17, 15) is 9.59 Å². The number of hydrogen-bond acceptors (Lipinski definition) is 5. The molecular weight excluding hydrogens is 422 g/mol. The van der Waals surface area contributed by atoms with Crippen molar-refractivity contribution in [2.45, 2.75) is 19.9 Å². The molecule has 0 unspecified atom stereocenters. The van der Waals surface area contributed by atoms with Crippen molar-refractivity contribution in [2.75, 3.05) is 49.5 Å². The van der Waals surface area contributed by atoms with Crippen LogP contribution in [0.15, 0.2) is 35.0 Å². The smallest absolute Gasteiger partial charge is 0.319 e. The van der Waals surface area contributed by atoms with E-state index in [1.807, 2.05) is 11.0 Å². The number of carbonyl (C=O) groups excluding carboxylic acids is 2. The monoisotopic (exact) mass is 449 g/mol. The molecule has 1 aromatic heterocycles. The molecule has 7 nitrogen and oxygen atoms in total. The Morgan fingerprint density at radius 3 is 2.77 bits per heavy atom. The molecule has 1 aromatic carbocycles. The average molecular weight is 450 g/mol. The highest BCUT2D eigenvalue weighted by Crippen LogP contribution is 2.29. The molecule has 0 radical (unpaired) electrons. The summed E-state index contributed by atoms with van der Waals surface area (Å²) >= 11 is 8.08. The Labute approximate surface area is 186 Å². The van der Waals surface area contributed by atoms with Crippen LogP contribution in [0, 0.1) is 0 Å². The lowest BCUT2D eigenvalue weighted by molar-refractivity contribution is -0.120. The Balaban J connectivity index is 1.60. The molecule has 3 amide bonds. The molecule has 3 N–H and O–H groups in total. The number of nitrogens with zero attached hydrogens (tertiary/aromatic N) is 2. The Bertz CT molecular complexity index is 857. The second kappa shape index (κ2) is 10.7. The van der Waals surface area contributed by atoms with Crippen molar-refractivity contribution in [2.24, 2.45) is 0 Å². The molecule has 1 aliphatic heterocycles. The van der Waals surface area contributed by atoms with Gasteiger partial charge in [-0.2, -0.15) is 11.3 Å². The van der Waals surface area contributed by atoms with E-state index in [1.54, 1.807) is 23.5 Å². The fraction of sp³-hybridized carbons (Fsp3) is 0.429. The van der Waals surface area contributed by atoms with Gasteiger partial charge in [-0.05, 0) is 53.7 Å². The van der Waals surface area contributed by atoms with E-state index in [1.165, 1.54) is 5.56 Å². The van der Waals surface area contributed by atoms with Crippen molar-refractivity contribution in [3.63, 3.8) is 0 Å². The molecule has 2 aromatic rings. The molecule has 9 heteroatoms. The Hall–Kier alpha value is -2.29. The standard InChI is InChI=1S/C21H28ClN5O2S/c1-3-26(4-2)19(15-7-10-30-14-15)12-24-21(29)25-16-5-6-18(17(22)11-16)27-9-8-23-20(28)13-27/h5-7,10-11,14,19H,3-4,8-9,12-13H2,1-2H3,(H,23,28)(H2,24,25,29)/t19-/m0/s1. The van der Waals surface area contributed by atoms with Gasteiger partial charge >= 0.3 is 6.03 Å². The number of piperazine rings is 1. The van der Waals surface area contributed by atoms with Crippen LogP contribution in [0.3, 0.4) is 0 Å². The number of benzene rings is 1. The Morgan fingerprint density at radius 1 is 1.33 bits per heavy atom. The lowest BCUT2D eigenvalue weighted by Crippen LogP contribution is -2.47. The second-order valence-electron chi connectivity index (χ2n) is 7.07. The first kappa shape index (κ1) is 22.4. The molecule has 1 fully saturated rings. The van der Waals surface area contributed by atoms with E-state index in [-0.39, 0.29) is 24.5 Å². The summed E-state index contributed by atoms with van der Waals surface area (Å²) in [6.45, 7) is 8.15. The highest BCUT2D eigenvalue weighted by Gasteiger charge is 2.20. The maximum atomic E-state index is 12.5. The van der Waals surface area contributed by atoms with E-state index >= 15 is 0 Å². The molecule has 0 spiro atoms. The van der Waals surface area contributed by atoms with E-state index in [2.05, 4.69) is 51.5 Å². The van der Waals surface area contributed by atoms with Gasteiger partial charge in [0.15, 0.2) is 0 Å². The van der Waals surface area contributed by atoms with Crippen LogP contribution in [-0.4, -0.2) is 56.1 Å². The number of anilines is 2. The molecule has 162 valence electrons. The van der Waals surface area contributed by atoms with Gasteiger partial charge in [0.05, 0.1) is 23.3 Å². The zero-order valence-electron chi connectivity index (χ0n) is 17.3. The lowest BCUT2D eigenvalue weighted by atomic mass is 10.1. The van der Waals surface area contributed by atoms with Crippen molar-refractivity contribution in [3.8, 4) is 0 Å². The maximum Gasteiger partial charge on any atom is 0.319 e. The summed E-state index contributed by atoms with van der Waals surface area (Å²) in [5, 5.41) is 13.3. The summed E-state index contributed by atoms with van der Waals surface area (Å²) in [7, 11) is 0. The SMILES string of the molecule is CCN(CC)[C@@H](CNC(=O)Nc1ccc(N2CCNC(=O)C2)c(Cl)c1)c1ccsc1. The molecule has 0 bridgehead atoms. The predicted molar refractivity (Wildman–Crippen MR) is 124 cm³/mol. The van der Waals surface area contributed by atoms with Crippen molar-refractivity contribution in [1.82, 2.24) is 15.5 Å². The highest BCUT2D eigenvalue weighted by molar-refractivity contribution is 7.08. The summed E-state index contributed by atoms with van der Waals surface area (Å²) in [4.78, 5) is 28.3. The molecule has 1 aliphatic rings. The summed E-state index contributed by atoms with van der Waals surface area (Å²) < 4.78 is 0. The van der Waals surface area contributed by atoms with Crippen LogP contribution in [0.25, 0.3) is 0 Å². The third kappa shape index (κ3) is 5.65. The fourth-order valence-corrected chi connectivity index (χ4v) is 4.64. The second-order valence-corrected chi connectivity index (χ2v) is 8.25. The van der Waals surface area contributed by atoms with E-state index in [4.69, 9.17) is 11.6 Å². The number of amides is 3. The fourth-order valence-electron chi connectivity index (χ4n) is 3.64. The van der Waals surface area contributed by atoms with E-state index < -0.39 is 0 Å². The molecule has 1 saturated heterocycles. The largest absolute Gasteiger partial charge is 0.359 e. The first-order chi connectivity index (χ1) is 14.5. The number of thiophene rings is 1. The van der Waals surface area contributed by atoms with Crippen LogP contribution in [0.2, 0.25) is 5.02 Å². The van der Waals surface area contributed by atoms with Crippen molar-refractivity contribution in [3.05, 3.63) is 45.6 Å². The highest BCUT2D eigenvalue weighted by atomic mass is 35.5. The van der Waals surface area contributed by atoms with Crippen LogP contribution < -0.4 is 20.9 Å². The molecule has 0 aliphatic carbocycles. The minimum atomic E-state index is -0.274. The maximum absolute atomic E-state index is 12.5. The number of carbonyl (C=O) groups is 2. The van der Waals surface area contributed by atoms with Crippen LogP contribution in [0.4, 0.5) is 16.2 Å². The molecule has 3 rings (SSSR count). The van der Waals surface area contributed by atoms with Gasteiger partial charge < -0.3 is 20.9 Å². The number of hydrogen-bond donors (Lipinski definition) is 3. The number of rotatable bonds is 8. The van der Waals surface area contributed by atoms with Crippen molar-refractivity contribution >= 4 is 46.3 Å². The predicted octanol–water partition coefficient (Wildman–Crippen LogP) is 3.54. The lowest BCUT2D eigenvalue weighted by Gasteiger charge is -2.30. The summed E-state index contributed by atoms with van der Waals surface area (Å²) in [6, 6.07) is 7.31. The molecule has 1 atom stereocenters. The first-order valence-corrected chi connectivity index (χ1v) is 11.5. The van der Waals surface area contributed by atoms with Crippen LogP contribution in [0.1, 0.15) is 25.5 Å². The zero-order valence-corrected chi connectivity index (χ0v) is 18.9. The van der Waals surface area contributed by atoms with E-state index in [0.29, 0.717) is 30.3 Å². The van der Waals surface area contributed by atoms with Crippen LogP contribution in [0.5, 0.6) is 0 Å². The number of nitrogens with one attached hydrogen (secondary N) is 3. The third-order valence-electron chi connectivity index (χ3n) is 5.22. The molecule has 2 heterocycles. The van der Waals surface area contributed by atoms with Gasteiger partial charge in [-0.3, -0.25) is 9.69 Å². The van der Waals surface area contributed by atoms with Crippen LogP contribution in [-0.2, 0) is 4.79 Å². The number of likely N-dealkylation sites (N-methyl/N-ethyl adjacent to an activating group) is 1. The molecule has 0 saturated carbocycles. The topological polar surface area (TPSA) is 76.7 Å². The summed E-state index contributed by atoms with van der Waals surface area (Å²) in [5.74, 6) is -0.0210. The van der Waals surface area contributed by atoms with Gasteiger partial charge in [-0.25, -0.2) is 4.79 Å². The van der Waals surface area contributed by atoms with Gasteiger partial charge in [0.1, 0.15) is 0 Å². The summed E-state index contributed by atoms with van der Waals surface area (Å²) in [5.41, 5.74) is 2.61. The van der Waals surface area contributed by atoms with E-state index in [0.717, 1.165) is 18.8 Å². The van der Waals surface area contributed by atoms with Gasteiger partial charge in [-0.1, -0.05) is 25.4 Å². The normalized spacial score (nSPS) is 15.1.